The van der Waals surface area contributed by atoms with Crippen molar-refractivity contribution in [1.82, 2.24) is 10.3 Å². The first-order chi connectivity index (χ1) is 15.0. The lowest BCUT2D eigenvalue weighted by molar-refractivity contribution is -0.128. The van der Waals surface area contributed by atoms with Crippen molar-refractivity contribution in [2.75, 3.05) is 11.8 Å². The quantitative estimate of drug-likeness (QED) is 0.550. The molecule has 0 aliphatic carbocycles. The van der Waals surface area contributed by atoms with Gasteiger partial charge in [0.1, 0.15) is 4.90 Å². The number of hydrogen-bond acceptors (Lipinski definition) is 6. The monoisotopic (exact) mass is 455 g/mol. The predicted molar refractivity (Wildman–Crippen MR) is 122 cm³/mol. The van der Waals surface area contributed by atoms with Crippen LogP contribution in [-0.2, 0) is 26.1 Å². The van der Waals surface area contributed by atoms with E-state index in [1.807, 2.05) is 0 Å². The molecule has 0 radical (unpaired) electrons. The van der Waals surface area contributed by atoms with Gasteiger partial charge in [-0.2, -0.15) is 0 Å². The van der Waals surface area contributed by atoms with E-state index in [4.69, 9.17) is 4.74 Å². The summed E-state index contributed by atoms with van der Waals surface area (Å²) in [5, 5.41) is 3.48. The summed E-state index contributed by atoms with van der Waals surface area (Å²) in [5.74, 6) is -0.800. The zero-order valence-corrected chi connectivity index (χ0v) is 19.1. The van der Waals surface area contributed by atoms with Gasteiger partial charge in [0.25, 0.3) is 10.0 Å². The fraction of sp³-hybridized carbons (Fsp3) is 0.261. The van der Waals surface area contributed by atoms with E-state index in [0.717, 1.165) is 0 Å². The SMILES string of the molecule is COC(=O)c1cc(CNC(=O)C(C)(C)C)cc(NS(=O)(=O)c2cccc3cccnc23)c1. The number of esters is 1. The summed E-state index contributed by atoms with van der Waals surface area (Å²) in [7, 11) is -2.77. The van der Waals surface area contributed by atoms with Gasteiger partial charge in [-0.05, 0) is 35.9 Å². The minimum Gasteiger partial charge on any atom is -0.465 e. The van der Waals surface area contributed by atoms with E-state index in [1.54, 1.807) is 57.2 Å². The zero-order chi connectivity index (χ0) is 23.5. The number of sulfonamides is 1. The van der Waals surface area contributed by atoms with Crippen LogP contribution < -0.4 is 10.0 Å². The van der Waals surface area contributed by atoms with Crippen molar-refractivity contribution in [2.45, 2.75) is 32.2 Å². The van der Waals surface area contributed by atoms with Crippen molar-refractivity contribution in [2.24, 2.45) is 5.41 Å². The van der Waals surface area contributed by atoms with E-state index in [9.17, 15) is 18.0 Å². The molecule has 1 heterocycles. The normalized spacial score (nSPS) is 11.8. The Hall–Kier alpha value is -3.46. The van der Waals surface area contributed by atoms with Crippen LogP contribution in [0.5, 0.6) is 0 Å². The molecule has 1 aromatic heterocycles. The Morgan fingerprint density at radius 3 is 2.47 bits per heavy atom. The molecule has 0 saturated carbocycles. The number of methoxy groups -OCH3 is 1. The number of nitrogens with zero attached hydrogens (tertiary/aromatic N) is 1. The molecule has 0 aliphatic rings. The maximum absolute atomic E-state index is 13.1. The fourth-order valence-corrected chi connectivity index (χ4v) is 4.26. The van der Waals surface area contributed by atoms with Gasteiger partial charge in [0.15, 0.2) is 0 Å². The molecule has 32 heavy (non-hydrogen) atoms. The van der Waals surface area contributed by atoms with Crippen molar-refractivity contribution in [1.29, 1.82) is 0 Å². The smallest absolute Gasteiger partial charge is 0.337 e. The van der Waals surface area contributed by atoms with Crippen LogP contribution >= 0.6 is 0 Å². The molecule has 2 N–H and O–H groups in total. The van der Waals surface area contributed by atoms with E-state index in [0.29, 0.717) is 16.5 Å². The van der Waals surface area contributed by atoms with E-state index in [-0.39, 0.29) is 28.6 Å². The first-order valence-corrected chi connectivity index (χ1v) is 11.4. The molecule has 0 atom stereocenters. The number of anilines is 1. The third kappa shape index (κ3) is 5.23. The second-order valence-corrected chi connectivity index (χ2v) is 9.93. The van der Waals surface area contributed by atoms with Crippen LogP contribution in [0.2, 0.25) is 0 Å². The largest absolute Gasteiger partial charge is 0.465 e. The minimum atomic E-state index is -4.01. The van der Waals surface area contributed by atoms with E-state index in [2.05, 4.69) is 15.0 Å². The number of ether oxygens (including phenoxy) is 1. The van der Waals surface area contributed by atoms with Crippen LogP contribution in [-0.4, -0.2) is 32.4 Å². The van der Waals surface area contributed by atoms with E-state index in [1.165, 1.54) is 25.4 Å². The summed E-state index contributed by atoms with van der Waals surface area (Å²) in [6.45, 7) is 5.46. The molecule has 3 rings (SSSR count). The Morgan fingerprint density at radius 2 is 1.78 bits per heavy atom. The topological polar surface area (TPSA) is 114 Å². The number of benzene rings is 2. The van der Waals surface area contributed by atoms with E-state index >= 15 is 0 Å². The summed E-state index contributed by atoms with van der Waals surface area (Å²) >= 11 is 0. The van der Waals surface area contributed by atoms with Gasteiger partial charge in [-0.3, -0.25) is 14.5 Å². The predicted octanol–water partition coefficient (Wildman–Crippen LogP) is 3.48. The summed E-state index contributed by atoms with van der Waals surface area (Å²) in [6, 6.07) is 12.9. The molecule has 2 aromatic carbocycles. The van der Waals surface area contributed by atoms with Crippen molar-refractivity contribution in [3.05, 3.63) is 65.9 Å². The Labute approximate surface area is 187 Å². The molecule has 0 spiro atoms. The van der Waals surface area contributed by atoms with Crippen LogP contribution in [0.25, 0.3) is 10.9 Å². The average molecular weight is 456 g/mol. The molecule has 0 bridgehead atoms. The fourth-order valence-electron chi connectivity index (χ4n) is 3.04. The highest BCUT2D eigenvalue weighted by atomic mass is 32.2. The van der Waals surface area contributed by atoms with Crippen molar-refractivity contribution >= 4 is 38.5 Å². The van der Waals surface area contributed by atoms with Gasteiger partial charge in [0.2, 0.25) is 5.91 Å². The van der Waals surface area contributed by atoms with Crippen LogP contribution in [0.4, 0.5) is 5.69 Å². The molecule has 3 aromatic rings. The summed E-state index contributed by atoms with van der Waals surface area (Å²) < 4.78 is 33.6. The number of pyridine rings is 1. The van der Waals surface area contributed by atoms with Crippen molar-refractivity contribution in [3.8, 4) is 0 Å². The molecule has 0 saturated heterocycles. The lowest BCUT2D eigenvalue weighted by atomic mass is 9.95. The van der Waals surface area contributed by atoms with Gasteiger partial charge >= 0.3 is 5.97 Å². The molecule has 0 unspecified atom stereocenters. The highest BCUT2D eigenvalue weighted by Crippen LogP contribution is 2.25. The van der Waals surface area contributed by atoms with E-state index < -0.39 is 21.4 Å². The van der Waals surface area contributed by atoms with Gasteiger partial charge in [-0.1, -0.05) is 39.0 Å². The van der Waals surface area contributed by atoms with Gasteiger partial charge in [-0.25, -0.2) is 13.2 Å². The highest BCUT2D eigenvalue weighted by molar-refractivity contribution is 7.93. The third-order valence-corrected chi connectivity index (χ3v) is 6.10. The van der Waals surface area contributed by atoms with Gasteiger partial charge in [0.05, 0.1) is 23.9 Å². The Balaban J connectivity index is 1.97. The van der Waals surface area contributed by atoms with Gasteiger partial charge in [0, 0.05) is 23.5 Å². The van der Waals surface area contributed by atoms with Crippen molar-refractivity contribution in [3.63, 3.8) is 0 Å². The number of nitrogens with one attached hydrogen (secondary N) is 2. The highest BCUT2D eigenvalue weighted by Gasteiger charge is 2.22. The Kier molecular flexibility index (Phi) is 6.50. The summed E-state index contributed by atoms with van der Waals surface area (Å²) in [6.07, 6.45) is 1.52. The second-order valence-electron chi connectivity index (χ2n) is 8.28. The molecular formula is C23H25N3O5S. The molecular weight excluding hydrogens is 430 g/mol. The average Bonchev–Trinajstić information content (AvgIpc) is 2.75. The number of carbonyl (C=O) groups excluding carboxylic acids is 2. The third-order valence-electron chi connectivity index (χ3n) is 4.69. The van der Waals surface area contributed by atoms with Gasteiger partial charge in [-0.15, -0.1) is 0 Å². The minimum absolute atomic E-state index is 0.0154. The molecule has 0 aliphatic heterocycles. The number of carbonyl (C=O) groups is 2. The van der Waals surface area contributed by atoms with Crippen LogP contribution in [0.3, 0.4) is 0 Å². The zero-order valence-electron chi connectivity index (χ0n) is 18.3. The standard InChI is InChI=1S/C23H25N3O5S/c1-23(2,3)22(28)25-14-15-11-17(21(27)31-4)13-18(12-15)26-32(29,30)19-9-5-7-16-8-6-10-24-20(16)19/h5-13,26H,14H2,1-4H3,(H,25,28). The first-order valence-electron chi connectivity index (χ1n) is 9.88. The van der Waals surface area contributed by atoms with Crippen molar-refractivity contribution < 1.29 is 22.7 Å². The van der Waals surface area contributed by atoms with Gasteiger partial charge < -0.3 is 10.1 Å². The number of hydrogen-bond donors (Lipinski definition) is 2. The number of fused-ring (bicyclic) bond motifs is 1. The number of aromatic nitrogens is 1. The Morgan fingerprint density at radius 1 is 1.06 bits per heavy atom. The van der Waals surface area contributed by atoms with Crippen LogP contribution in [0, 0.1) is 5.41 Å². The molecule has 8 nitrogen and oxygen atoms in total. The molecule has 0 fully saturated rings. The lowest BCUT2D eigenvalue weighted by Gasteiger charge is -2.18. The first kappa shape index (κ1) is 23.2. The summed E-state index contributed by atoms with van der Waals surface area (Å²) in [5.41, 5.74) is 0.610. The molecule has 9 heteroatoms. The molecule has 168 valence electrons. The Bertz CT molecular complexity index is 1280. The molecule has 1 amide bonds. The lowest BCUT2D eigenvalue weighted by Crippen LogP contribution is -2.34. The number of amides is 1. The number of rotatable bonds is 6. The van der Waals surface area contributed by atoms with Crippen LogP contribution in [0.1, 0.15) is 36.7 Å². The number of para-hydroxylation sites is 1. The maximum Gasteiger partial charge on any atom is 0.337 e. The maximum atomic E-state index is 13.1. The summed E-state index contributed by atoms with van der Waals surface area (Å²) in [4.78, 5) is 28.6. The second kappa shape index (κ2) is 8.96. The van der Waals surface area contributed by atoms with Crippen LogP contribution in [0.15, 0.2) is 59.6 Å².